The number of amides is 1. The van der Waals surface area contributed by atoms with Crippen LogP contribution in [-0.4, -0.2) is 15.5 Å². The summed E-state index contributed by atoms with van der Waals surface area (Å²) < 4.78 is 6.35. The van der Waals surface area contributed by atoms with Gasteiger partial charge in [0.1, 0.15) is 12.4 Å². The maximum absolute atomic E-state index is 11.9. The Morgan fingerprint density at radius 1 is 1.20 bits per heavy atom. The zero-order chi connectivity index (χ0) is 13.9. The number of carbonyl (C=O) groups excluding carboxylic acids is 1. The van der Waals surface area contributed by atoms with Crippen LogP contribution in [0.3, 0.4) is 0 Å². The molecule has 20 heavy (non-hydrogen) atoms. The second kappa shape index (κ2) is 5.00. The summed E-state index contributed by atoms with van der Waals surface area (Å²) >= 11 is 0. The van der Waals surface area contributed by atoms with Gasteiger partial charge in [0.25, 0.3) is 0 Å². The molecular formula is C14H11N3O3. The van der Waals surface area contributed by atoms with Gasteiger partial charge in [-0.1, -0.05) is 18.2 Å². The van der Waals surface area contributed by atoms with Crippen molar-refractivity contribution in [2.24, 2.45) is 0 Å². The van der Waals surface area contributed by atoms with Gasteiger partial charge < -0.3 is 9.73 Å². The molecule has 0 bridgehead atoms. The zero-order valence-electron chi connectivity index (χ0n) is 10.4. The van der Waals surface area contributed by atoms with E-state index in [0.29, 0.717) is 16.9 Å². The van der Waals surface area contributed by atoms with Crippen LogP contribution < -0.4 is 11.1 Å². The van der Waals surface area contributed by atoms with Crippen LogP contribution in [0, 0.1) is 0 Å². The van der Waals surface area contributed by atoms with Crippen LogP contribution in [0.4, 0.5) is 5.82 Å². The van der Waals surface area contributed by atoms with Crippen molar-refractivity contribution in [2.45, 2.75) is 6.54 Å². The molecule has 1 amide bonds. The Balaban J connectivity index is 1.85. The predicted molar refractivity (Wildman–Crippen MR) is 73.3 cm³/mol. The molecule has 0 fully saturated rings. The minimum absolute atomic E-state index is 0.119. The van der Waals surface area contributed by atoms with Gasteiger partial charge >= 0.3 is 5.76 Å². The van der Waals surface area contributed by atoms with Gasteiger partial charge in [0.2, 0.25) is 5.91 Å². The number of nitrogens with zero attached hydrogens (tertiary/aromatic N) is 2. The standard InChI is InChI=1S/C14H11N3O3/c18-13(16-12-7-3-4-8-15-12)9-17-10-5-1-2-6-11(10)20-14(17)19/h1-8H,9H2,(H,15,16,18). The van der Waals surface area contributed by atoms with Gasteiger partial charge in [-0.05, 0) is 24.3 Å². The lowest BCUT2D eigenvalue weighted by Crippen LogP contribution is -2.25. The number of pyridine rings is 1. The van der Waals surface area contributed by atoms with Crippen LogP contribution in [0.2, 0.25) is 0 Å². The van der Waals surface area contributed by atoms with Crippen molar-refractivity contribution in [2.75, 3.05) is 5.32 Å². The molecule has 0 unspecified atom stereocenters. The predicted octanol–water partition coefficient (Wildman–Crippen LogP) is 1.63. The van der Waals surface area contributed by atoms with E-state index in [-0.39, 0.29) is 12.5 Å². The first-order valence-electron chi connectivity index (χ1n) is 6.03. The Bertz CT molecular complexity index is 805. The van der Waals surface area contributed by atoms with E-state index in [1.165, 1.54) is 4.57 Å². The summed E-state index contributed by atoms with van der Waals surface area (Å²) in [5.74, 6) is -0.446. The summed E-state index contributed by atoms with van der Waals surface area (Å²) in [6, 6.07) is 12.2. The van der Waals surface area contributed by atoms with Crippen LogP contribution in [0.5, 0.6) is 0 Å². The second-order valence-electron chi connectivity index (χ2n) is 4.18. The zero-order valence-corrected chi connectivity index (χ0v) is 10.4. The largest absolute Gasteiger partial charge is 0.420 e. The molecule has 100 valence electrons. The Morgan fingerprint density at radius 2 is 2.00 bits per heavy atom. The molecule has 0 radical (unpaired) electrons. The van der Waals surface area contributed by atoms with Crippen molar-refractivity contribution in [1.82, 2.24) is 9.55 Å². The maximum Gasteiger partial charge on any atom is 0.420 e. The highest BCUT2D eigenvalue weighted by atomic mass is 16.4. The molecule has 0 atom stereocenters. The Kier molecular flexibility index (Phi) is 3.04. The summed E-state index contributed by atoms with van der Waals surface area (Å²) in [5.41, 5.74) is 1.05. The van der Waals surface area contributed by atoms with E-state index in [1.807, 2.05) is 0 Å². The van der Waals surface area contributed by atoms with Gasteiger partial charge in [0.05, 0.1) is 5.52 Å². The number of nitrogens with one attached hydrogen (secondary N) is 1. The molecule has 0 saturated heterocycles. The van der Waals surface area contributed by atoms with Crippen molar-refractivity contribution >= 4 is 22.8 Å². The smallest absolute Gasteiger partial charge is 0.408 e. The summed E-state index contributed by atoms with van der Waals surface area (Å²) in [5, 5.41) is 2.62. The molecule has 1 N–H and O–H groups in total. The first-order valence-corrected chi connectivity index (χ1v) is 6.03. The number of fused-ring (bicyclic) bond motifs is 1. The molecule has 2 heterocycles. The summed E-state index contributed by atoms with van der Waals surface area (Å²) in [6.07, 6.45) is 1.58. The summed E-state index contributed by atoms with van der Waals surface area (Å²) in [4.78, 5) is 27.6. The average molecular weight is 269 g/mol. The van der Waals surface area contributed by atoms with Crippen molar-refractivity contribution in [3.05, 3.63) is 59.2 Å². The topological polar surface area (TPSA) is 77.1 Å². The Labute approximate surface area is 113 Å². The number of anilines is 1. The first kappa shape index (κ1) is 12.2. The minimum Gasteiger partial charge on any atom is -0.408 e. The number of aromatic nitrogens is 2. The van der Waals surface area contributed by atoms with E-state index >= 15 is 0 Å². The molecule has 0 saturated carbocycles. The second-order valence-corrected chi connectivity index (χ2v) is 4.18. The molecule has 6 nitrogen and oxygen atoms in total. The SMILES string of the molecule is O=C(Cn1c(=O)oc2ccccc21)Nc1ccccn1. The number of hydrogen-bond acceptors (Lipinski definition) is 4. The van der Waals surface area contributed by atoms with Gasteiger partial charge in [-0.15, -0.1) is 0 Å². The van der Waals surface area contributed by atoms with Crippen LogP contribution in [0.1, 0.15) is 0 Å². The average Bonchev–Trinajstić information content (AvgIpc) is 2.76. The lowest BCUT2D eigenvalue weighted by molar-refractivity contribution is -0.116. The molecule has 0 aliphatic carbocycles. The molecule has 0 aliphatic heterocycles. The van der Waals surface area contributed by atoms with Gasteiger partial charge in [-0.3, -0.25) is 9.36 Å². The lowest BCUT2D eigenvalue weighted by Gasteiger charge is -2.04. The molecular weight excluding hydrogens is 258 g/mol. The van der Waals surface area contributed by atoms with E-state index < -0.39 is 5.76 Å². The highest BCUT2D eigenvalue weighted by Crippen LogP contribution is 2.11. The molecule has 6 heteroatoms. The third-order valence-electron chi connectivity index (χ3n) is 2.81. The molecule has 0 aliphatic rings. The molecule has 3 aromatic rings. The highest BCUT2D eigenvalue weighted by molar-refractivity contribution is 5.90. The molecule has 2 aromatic heterocycles. The number of oxazole rings is 1. The monoisotopic (exact) mass is 269 g/mol. The van der Waals surface area contributed by atoms with Crippen molar-refractivity contribution in [3.63, 3.8) is 0 Å². The third kappa shape index (κ3) is 2.31. The first-order chi connectivity index (χ1) is 9.74. The van der Waals surface area contributed by atoms with E-state index in [2.05, 4.69) is 10.3 Å². The molecule has 1 aromatic carbocycles. The van der Waals surface area contributed by atoms with E-state index in [4.69, 9.17) is 4.42 Å². The minimum atomic E-state index is -0.553. The number of rotatable bonds is 3. The lowest BCUT2D eigenvalue weighted by atomic mass is 10.3. The quantitative estimate of drug-likeness (QED) is 0.784. The van der Waals surface area contributed by atoms with E-state index in [1.54, 1.807) is 48.7 Å². The van der Waals surface area contributed by atoms with Crippen molar-refractivity contribution in [1.29, 1.82) is 0 Å². The Morgan fingerprint density at radius 3 is 2.80 bits per heavy atom. The Hall–Kier alpha value is -2.89. The normalized spacial score (nSPS) is 10.6. The molecule has 3 rings (SSSR count). The number of hydrogen-bond donors (Lipinski definition) is 1. The van der Waals surface area contributed by atoms with Crippen molar-refractivity contribution < 1.29 is 9.21 Å². The van der Waals surface area contributed by atoms with E-state index in [9.17, 15) is 9.59 Å². The van der Waals surface area contributed by atoms with Crippen LogP contribution in [0.15, 0.2) is 57.9 Å². The van der Waals surface area contributed by atoms with Crippen LogP contribution >= 0.6 is 0 Å². The van der Waals surface area contributed by atoms with Crippen LogP contribution in [0.25, 0.3) is 11.1 Å². The summed E-state index contributed by atoms with van der Waals surface area (Å²) in [6.45, 7) is -0.119. The fourth-order valence-corrected chi connectivity index (χ4v) is 1.93. The van der Waals surface area contributed by atoms with Gasteiger partial charge in [-0.2, -0.15) is 0 Å². The number of carbonyl (C=O) groups is 1. The maximum atomic E-state index is 11.9. The van der Waals surface area contributed by atoms with Gasteiger partial charge in [0, 0.05) is 6.20 Å². The molecule has 0 spiro atoms. The van der Waals surface area contributed by atoms with Gasteiger partial charge in [0.15, 0.2) is 5.58 Å². The number of benzene rings is 1. The fraction of sp³-hybridized carbons (Fsp3) is 0.0714. The highest BCUT2D eigenvalue weighted by Gasteiger charge is 2.12. The van der Waals surface area contributed by atoms with Gasteiger partial charge in [-0.25, -0.2) is 9.78 Å². The van der Waals surface area contributed by atoms with Crippen molar-refractivity contribution in [3.8, 4) is 0 Å². The van der Waals surface area contributed by atoms with Crippen LogP contribution in [-0.2, 0) is 11.3 Å². The van der Waals surface area contributed by atoms with E-state index in [0.717, 1.165) is 0 Å². The number of para-hydroxylation sites is 2. The summed E-state index contributed by atoms with van der Waals surface area (Å²) in [7, 11) is 0. The third-order valence-corrected chi connectivity index (χ3v) is 2.81. The fourth-order valence-electron chi connectivity index (χ4n) is 1.93.